The number of nitrogens with one attached hydrogen (secondary N) is 4. The summed E-state index contributed by atoms with van der Waals surface area (Å²) in [6.07, 6.45) is 5.29. The molecule has 6 N–H and O–H groups in total. The van der Waals surface area contributed by atoms with Gasteiger partial charge in [0.1, 0.15) is 23.1 Å². The first-order valence-electron chi connectivity index (χ1n) is 17.8. The maximum absolute atomic E-state index is 13.8. The van der Waals surface area contributed by atoms with E-state index in [0.717, 1.165) is 16.5 Å². The van der Waals surface area contributed by atoms with Gasteiger partial charge in [0, 0.05) is 61.6 Å². The van der Waals surface area contributed by atoms with Crippen LogP contribution in [0.25, 0.3) is 10.9 Å². The molecule has 51 heavy (non-hydrogen) atoms. The van der Waals surface area contributed by atoms with Gasteiger partial charge in [0.05, 0.1) is 11.5 Å². The number of aromatic amines is 2. The monoisotopic (exact) mass is 708 g/mol. The first kappa shape index (κ1) is 39.2. The number of ether oxygens (including phenoxy) is 2. The number of urea groups is 1. The van der Waals surface area contributed by atoms with E-state index < -0.39 is 40.8 Å². The molecule has 3 heterocycles. The van der Waals surface area contributed by atoms with Crippen molar-refractivity contribution in [2.75, 3.05) is 32.7 Å². The number of piperazine rings is 1. The van der Waals surface area contributed by atoms with Crippen molar-refractivity contribution in [1.29, 1.82) is 0 Å². The first-order valence-corrected chi connectivity index (χ1v) is 17.8. The van der Waals surface area contributed by atoms with Gasteiger partial charge in [0.25, 0.3) is 0 Å². The number of aromatic nitrogens is 3. The quantitative estimate of drug-likeness (QED) is 0.133. The Bertz CT molecular complexity index is 1660. The molecule has 4 rings (SSSR count). The molecule has 1 saturated heterocycles. The summed E-state index contributed by atoms with van der Waals surface area (Å²) < 4.78 is 11.1. The second-order valence-corrected chi connectivity index (χ2v) is 15.7. The van der Waals surface area contributed by atoms with E-state index in [2.05, 4.69) is 25.6 Å². The number of carbonyl (C=O) groups is 4. The molecule has 14 heteroatoms. The molecular weight excluding hydrogens is 652 g/mol. The summed E-state index contributed by atoms with van der Waals surface area (Å²) in [6, 6.07) is 6.21. The predicted octanol–water partition coefficient (Wildman–Crippen LogP) is 4.67. The Morgan fingerprint density at radius 1 is 0.902 bits per heavy atom. The van der Waals surface area contributed by atoms with Gasteiger partial charge >= 0.3 is 18.1 Å². The van der Waals surface area contributed by atoms with Crippen LogP contribution in [0.3, 0.4) is 0 Å². The van der Waals surface area contributed by atoms with Gasteiger partial charge in [-0.3, -0.25) is 4.79 Å². The molecule has 1 aliphatic rings. The molecule has 0 spiro atoms. The normalized spacial score (nSPS) is 15.3. The average molecular weight is 709 g/mol. The Kier molecular flexibility index (Phi) is 12.4. The van der Waals surface area contributed by atoms with E-state index in [-0.39, 0.29) is 11.9 Å². The lowest BCUT2D eigenvalue weighted by atomic mass is 9.88. The minimum absolute atomic E-state index is 0.295. The number of para-hydroxylation sites is 1. The number of benzene rings is 1. The smallest absolute Gasteiger partial charge is 0.410 e. The standard InChI is InChI=1S/C37H56N8O6/c1-35(2,3)50-31(46)27(15-11-12-16-38)41-32(47)37(7,8)29-23-40-30(43-29)28(21-24-22-39-26-14-10-9-13-25(24)26)42-33(48)44-17-19-45(20-18-44)34(49)51-36(4,5)6/h9-10,13-14,22-23,27-28,39H,11-12,15-21,38H2,1-8H3,(H,40,43)(H,41,47)(H,42,48). The van der Waals surface area contributed by atoms with E-state index in [1.165, 1.54) is 0 Å². The van der Waals surface area contributed by atoms with Gasteiger partial charge in [-0.15, -0.1) is 0 Å². The lowest BCUT2D eigenvalue weighted by Crippen LogP contribution is -2.54. The van der Waals surface area contributed by atoms with Crippen LogP contribution in [0, 0.1) is 0 Å². The van der Waals surface area contributed by atoms with Crippen LogP contribution >= 0.6 is 0 Å². The largest absolute Gasteiger partial charge is 0.458 e. The highest BCUT2D eigenvalue weighted by Gasteiger charge is 2.37. The van der Waals surface area contributed by atoms with Crippen LogP contribution in [-0.4, -0.2) is 98.7 Å². The van der Waals surface area contributed by atoms with Crippen molar-refractivity contribution in [2.45, 2.75) is 110 Å². The van der Waals surface area contributed by atoms with E-state index in [1.807, 2.05) is 51.2 Å². The number of fused-ring (bicyclic) bond motifs is 1. The highest BCUT2D eigenvalue weighted by atomic mass is 16.6. The zero-order valence-corrected chi connectivity index (χ0v) is 31.4. The summed E-state index contributed by atoms with van der Waals surface area (Å²) in [6.45, 7) is 16.2. The fourth-order valence-corrected chi connectivity index (χ4v) is 5.80. The zero-order valence-electron chi connectivity index (χ0n) is 31.4. The van der Waals surface area contributed by atoms with Crippen molar-refractivity contribution < 1.29 is 28.7 Å². The maximum atomic E-state index is 13.8. The molecule has 1 aliphatic heterocycles. The molecule has 0 saturated carbocycles. The minimum atomic E-state index is -1.12. The topological polar surface area (TPSA) is 188 Å². The van der Waals surface area contributed by atoms with E-state index in [1.54, 1.807) is 50.6 Å². The van der Waals surface area contributed by atoms with Crippen molar-refractivity contribution >= 4 is 34.9 Å². The number of rotatable bonds is 12. The van der Waals surface area contributed by atoms with Gasteiger partial charge < -0.3 is 45.6 Å². The molecular formula is C37H56N8O6. The number of nitrogens with zero attached hydrogens (tertiary/aromatic N) is 3. The summed E-state index contributed by atoms with van der Waals surface area (Å²) in [7, 11) is 0. The van der Waals surface area contributed by atoms with Crippen LogP contribution in [0.5, 0.6) is 0 Å². The van der Waals surface area contributed by atoms with Crippen LogP contribution in [0.2, 0.25) is 0 Å². The summed E-state index contributed by atoms with van der Waals surface area (Å²) in [4.78, 5) is 67.7. The van der Waals surface area contributed by atoms with Crippen molar-refractivity contribution in [3.05, 3.63) is 53.7 Å². The molecule has 1 fully saturated rings. The molecule has 2 unspecified atom stereocenters. The third-order valence-electron chi connectivity index (χ3n) is 8.73. The third kappa shape index (κ3) is 10.7. The van der Waals surface area contributed by atoms with E-state index in [0.29, 0.717) is 69.9 Å². The molecule has 0 bridgehead atoms. The Labute approximate surface area is 300 Å². The SMILES string of the molecule is CC(C)(C)OC(=O)C(CCCCN)NC(=O)C(C)(C)c1cnc(C(Cc2c[nH]c3ccccc23)NC(=O)N2CCN(C(=O)OC(C)(C)C)CC2)[nH]1. The van der Waals surface area contributed by atoms with Gasteiger partial charge in [-0.25, -0.2) is 19.4 Å². The number of amides is 4. The van der Waals surface area contributed by atoms with Crippen LogP contribution in [0.4, 0.5) is 9.59 Å². The molecule has 0 radical (unpaired) electrons. The first-order chi connectivity index (χ1) is 23.9. The predicted molar refractivity (Wildman–Crippen MR) is 195 cm³/mol. The van der Waals surface area contributed by atoms with Gasteiger partial charge in [-0.05, 0) is 92.8 Å². The van der Waals surface area contributed by atoms with E-state index in [4.69, 9.17) is 15.2 Å². The second-order valence-electron chi connectivity index (χ2n) is 15.7. The Balaban J connectivity index is 1.53. The van der Waals surface area contributed by atoms with E-state index >= 15 is 0 Å². The molecule has 2 aromatic heterocycles. The number of esters is 1. The molecule has 0 aliphatic carbocycles. The summed E-state index contributed by atoms with van der Waals surface area (Å²) in [5.41, 5.74) is 5.72. The molecule has 2 atom stereocenters. The van der Waals surface area contributed by atoms with E-state index in [9.17, 15) is 19.2 Å². The summed E-state index contributed by atoms with van der Waals surface area (Å²) in [5, 5.41) is 7.09. The van der Waals surface area contributed by atoms with Crippen LogP contribution in [0.15, 0.2) is 36.7 Å². The lowest BCUT2D eigenvalue weighted by molar-refractivity contribution is -0.159. The van der Waals surface area contributed by atoms with Crippen LogP contribution < -0.4 is 16.4 Å². The number of hydrogen-bond acceptors (Lipinski definition) is 8. The summed E-state index contributed by atoms with van der Waals surface area (Å²) in [5.74, 6) is -0.396. The molecule has 4 amide bonds. The van der Waals surface area contributed by atoms with Gasteiger partial charge in [-0.1, -0.05) is 18.2 Å². The molecule has 280 valence electrons. The molecule has 14 nitrogen and oxygen atoms in total. The highest BCUT2D eigenvalue weighted by molar-refractivity contribution is 5.91. The fraction of sp³-hybridized carbons (Fsp3) is 0.595. The molecule has 1 aromatic carbocycles. The number of hydrogen-bond donors (Lipinski definition) is 5. The number of unbranched alkanes of at least 4 members (excludes halogenated alkanes) is 1. The van der Waals surface area contributed by atoms with Crippen molar-refractivity contribution in [1.82, 2.24) is 35.4 Å². The van der Waals surface area contributed by atoms with Crippen molar-refractivity contribution in [2.24, 2.45) is 5.73 Å². The van der Waals surface area contributed by atoms with Gasteiger partial charge in [0.2, 0.25) is 5.91 Å². The summed E-state index contributed by atoms with van der Waals surface area (Å²) >= 11 is 0. The third-order valence-corrected chi connectivity index (χ3v) is 8.73. The maximum Gasteiger partial charge on any atom is 0.410 e. The zero-order chi connectivity index (χ0) is 37.6. The van der Waals surface area contributed by atoms with Crippen molar-refractivity contribution in [3.8, 4) is 0 Å². The molecule has 3 aromatic rings. The number of nitrogens with two attached hydrogens (primary N) is 1. The average Bonchev–Trinajstić information content (AvgIpc) is 3.71. The van der Waals surface area contributed by atoms with Crippen molar-refractivity contribution in [3.63, 3.8) is 0 Å². The Morgan fingerprint density at radius 2 is 1.55 bits per heavy atom. The van der Waals surface area contributed by atoms with Crippen LogP contribution in [0.1, 0.15) is 97.8 Å². The Morgan fingerprint density at radius 3 is 2.20 bits per heavy atom. The second kappa shape index (κ2) is 16.2. The highest BCUT2D eigenvalue weighted by Crippen LogP contribution is 2.28. The number of H-pyrrole nitrogens is 2. The lowest BCUT2D eigenvalue weighted by Gasteiger charge is -2.36. The fourth-order valence-electron chi connectivity index (χ4n) is 5.80. The Hall–Kier alpha value is -4.59. The van der Waals surface area contributed by atoms with Gasteiger partial charge in [0.15, 0.2) is 0 Å². The number of carbonyl (C=O) groups excluding carboxylic acids is 4. The minimum Gasteiger partial charge on any atom is -0.458 e. The van der Waals surface area contributed by atoms with Crippen LogP contribution in [-0.2, 0) is 30.9 Å². The van der Waals surface area contributed by atoms with Gasteiger partial charge in [-0.2, -0.15) is 0 Å². The number of imidazole rings is 1.